The highest BCUT2D eigenvalue weighted by molar-refractivity contribution is 6.14. The Morgan fingerprint density at radius 1 is 1.00 bits per heavy atom. The van der Waals surface area contributed by atoms with Crippen LogP contribution in [0.15, 0.2) is 18.2 Å². The van der Waals surface area contributed by atoms with E-state index in [4.69, 9.17) is 10.7 Å². The SMILES string of the molecule is CC1(C)CC(C)(C)C(=O)C(c2cc(ON)ccc2C2CC2)C1=O. The molecule has 0 spiro atoms. The fourth-order valence-electron chi connectivity index (χ4n) is 4.10. The second kappa shape index (κ2) is 5.17. The molecule has 0 heterocycles. The lowest BCUT2D eigenvalue weighted by atomic mass is 9.58. The Morgan fingerprint density at radius 3 is 2.04 bits per heavy atom. The van der Waals surface area contributed by atoms with Gasteiger partial charge in [0, 0.05) is 10.8 Å². The summed E-state index contributed by atoms with van der Waals surface area (Å²) in [6.07, 6.45) is 2.80. The maximum Gasteiger partial charge on any atom is 0.153 e. The molecule has 3 rings (SSSR count). The molecular weight excluding hydrogens is 290 g/mol. The van der Waals surface area contributed by atoms with Crippen molar-refractivity contribution >= 4 is 11.6 Å². The number of carbonyl (C=O) groups excluding carboxylic acids is 2. The second-order valence-corrected chi connectivity index (χ2v) is 8.29. The molecule has 4 heteroatoms. The van der Waals surface area contributed by atoms with Crippen molar-refractivity contribution in [2.24, 2.45) is 16.7 Å². The van der Waals surface area contributed by atoms with Crippen molar-refractivity contribution < 1.29 is 14.4 Å². The quantitative estimate of drug-likeness (QED) is 0.684. The van der Waals surface area contributed by atoms with E-state index in [9.17, 15) is 9.59 Å². The lowest BCUT2D eigenvalue weighted by Crippen LogP contribution is -2.48. The number of hydrogen-bond donors (Lipinski definition) is 1. The molecule has 2 saturated carbocycles. The van der Waals surface area contributed by atoms with Gasteiger partial charge in [-0.1, -0.05) is 33.8 Å². The van der Waals surface area contributed by atoms with Crippen molar-refractivity contribution in [2.75, 3.05) is 0 Å². The van der Waals surface area contributed by atoms with E-state index < -0.39 is 16.7 Å². The number of Topliss-reactive ketones (excluding diaryl/α,β-unsaturated/α-hetero) is 2. The molecule has 1 aromatic rings. The molecule has 124 valence electrons. The van der Waals surface area contributed by atoms with E-state index >= 15 is 0 Å². The van der Waals surface area contributed by atoms with E-state index in [1.165, 1.54) is 0 Å². The first-order chi connectivity index (χ1) is 10.7. The Labute approximate surface area is 137 Å². The van der Waals surface area contributed by atoms with Gasteiger partial charge in [-0.3, -0.25) is 9.59 Å². The van der Waals surface area contributed by atoms with Gasteiger partial charge in [-0.15, -0.1) is 0 Å². The lowest BCUT2D eigenvalue weighted by Gasteiger charge is -2.42. The van der Waals surface area contributed by atoms with Gasteiger partial charge in [-0.05, 0) is 48.4 Å². The highest BCUT2D eigenvalue weighted by Gasteiger charge is 2.52. The van der Waals surface area contributed by atoms with Crippen LogP contribution in [0.4, 0.5) is 0 Å². The largest absolute Gasteiger partial charge is 0.412 e. The van der Waals surface area contributed by atoms with Gasteiger partial charge in [0.15, 0.2) is 11.6 Å². The van der Waals surface area contributed by atoms with Crippen LogP contribution in [-0.2, 0) is 9.59 Å². The Kier molecular flexibility index (Phi) is 3.64. The normalized spacial score (nSPS) is 23.9. The summed E-state index contributed by atoms with van der Waals surface area (Å²) in [6, 6.07) is 5.56. The van der Waals surface area contributed by atoms with Crippen molar-refractivity contribution in [3.05, 3.63) is 29.3 Å². The lowest BCUT2D eigenvalue weighted by molar-refractivity contribution is -0.146. The highest BCUT2D eigenvalue weighted by Crippen LogP contribution is 2.51. The van der Waals surface area contributed by atoms with E-state index in [1.807, 2.05) is 39.8 Å². The smallest absolute Gasteiger partial charge is 0.153 e. The summed E-state index contributed by atoms with van der Waals surface area (Å²) in [5.74, 6) is 5.55. The van der Waals surface area contributed by atoms with E-state index in [0.717, 1.165) is 24.0 Å². The maximum atomic E-state index is 13.0. The third kappa shape index (κ3) is 2.69. The van der Waals surface area contributed by atoms with Crippen LogP contribution >= 0.6 is 0 Å². The van der Waals surface area contributed by atoms with E-state index in [2.05, 4.69) is 0 Å². The van der Waals surface area contributed by atoms with Gasteiger partial charge >= 0.3 is 0 Å². The summed E-state index contributed by atoms with van der Waals surface area (Å²) in [4.78, 5) is 30.9. The van der Waals surface area contributed by atoms with Crippen LogP contribution < -0.4 is 10.7 Å². The van der Waals surface area contributed by atoms with E-state index in [0.29, 0.717) is 18.1 Å². The van der Waals surface area contributed by atoms with E-state index in [1.54, 1.807) is 6.07 Å². The second-order valence-electron chi connectivity index (χ2n) is 8.29. The predicted octanol–water partition coefficient (Wildman–Crippen LogP) is 3.49. The van der Waals surface area contributed by atoms with Crippen LogP contribution in [-0.4, -0.2) is 11.6 Å². The van der Waals surface area contributed by atoms with E-state index in [-0.39, 0.29) is 11.6 Å². The fourth-order valence-corrected chi connectivity index (χ4v) is 4.10. The zero-order chi connectivity index (χ0) is 17.0. The molecule has 0 saturated heterocycles. The topological polar surface area (TPSA) is 69.4 Å². The number of rotatable bonds is 3. The average Bonchev–Trinajstić information content (AvgIpc) is 3.29. The number of hydrogen-bond acceptors (Lipinski definition) is 4. The number of ketones is 2. The molecule has 0 atom stereocenters. The summed E-state index contributed by atoms with van der Waals surface area (Å²) >= 11 is 0. The minimum Gasteiger partial charge on any atom is -0.412 e. The monoisotopic (exact) mass is 315 g/mol. The third-order valence-corrected chi connectivity index (χ3v) is 5.26. The molecular formula is C19H25NO3. The maximum absolute atomic E-state index is 13.0. The molecule has 0 aromatic heterocycles. The molecule has 2 fully saturated rings. The molecule has 0 bridgehead atoms. The van der Waals surface area contributed by atoms with Crippen molar-refractivity contribution in [1.29, 1.82) is 0 Å². The molecule has 2 aliphatic rings. The van der Waals surface area contributed by atoms with Gasteiger partial charge in [0.2, 0.25) is 0 Å². The van der Waals surface area contributed by atoms with Gasteiger partial charge in [0.05, 0.1) is 0 Å². The van der Waals surface area contributed by atoms with Crippen LogP contribution in [0.2, 0.25) is 0 Å². The standard InChI is InChI=1S/C19H25NO3/c1-18(2)10-19(3,4)17(22)15(16(18)21)14-9-12(23-20)7-8-13(14)11-5-6-11/h7-9,11,15H,5-6,10,20H2,1-4H3. The Morgan fingerprint density at radius 2 is 1.57 bits per heavy atom. The van der Waals surface area contributed by atoms with Crippen LogP contribution in [0.25, 0.3) is 0 Å². The molecule has 0 radical (unpaired) electrons. The third-order valence-electron chi connectivity index (χ3n) is 5.26. The van der Waals surface area contributed by atoms with Crippen molar-refractivity contribution in [1.82, 2.24) is 0 Å². The molecule has 0 aliphatic heterocycles. The first-order valence-corrected chi connectivity index (χ1v) is 8.26. The molecule has 2 aliphatic carbocycles. The molecule has 1 aromatic carbocycles. The zero-order valence-corrected chi connectivity index (χ0v) is 14.3. The number of nitrogens with two attached hydrogens (primary N) is 1. The molecule has 0 amide bonds. The average molecular weight is 315 g/mol. The zero-order valence-electron chi connectivity index (χ0n) is 14.3. The first-order valence-electron chi connectivity index (χ1n) is 8.26. The van der Waals surface area contributed by atoms with Gasteiger partial charge in [0.25, 0.3) is 0 Å². The summed E-state index contributed by atoms with van der Waals surface area (Å²) in [6.45, 7) is 7.76. The Balaban J connectivity index is 2.15. The van der Waals surface area contributed by atoms with Gasteiger partial charge in [-0.2, -0.15) is 5.90 Å². The fraction of sp³-hybridized carbons (Fsp3) is 0.579. The Hall–Kier alpha value is -1.68. The van der Waals surface area contributed by atoms with Crippen LogP contribution in [0.1, 0.15) is 69.9 Å². The summed E-state index contributed by atoms with van der Waals surface area (Å²) in [5.41, 5.74) is 0.877. The number of benzene rings is 1. The summed E-state index contributed by atoms with van der Waals surface area (Å²) < 4.78 is 0. The van der Waals surface area contributed by atoms with Crippen LogP contribution in [0.5, 0.6) is 5.75 Å². The Bertz CT molecular complexity index is 645. The van der Waals surface area contributed by atoms with Crippen LogP contribution in [0, 0.1) is 10.8 Å². The molecule has 23 heavy (non-hydrogen) atoms. The van der Waals surface area contributed by atoms with Gasteiger partial charge in [0.1, 0.15) is 11.7 Å². The van der Waals surface area contributed by atoms with Crippen molar-refractivity contribution in [3.8, 4) is 5.75 Å². The first kappa shape index (κ1) is 16.2. The molecule has 2 N–H and O–H groups in total. The molecule has 4 nitrogen and oxygen atoms in total. The summed E-state index contributed by atoms with van der Waals surface area (Å²) in [7, 11) is 0. The van der Waals surface area contributed by atoms with Crippen LogP contribution in [0.3, 0.4) is 0 Å². The highest BCUT2D eigenvalue weighted by atomic mass is 16.6. The van der Waals surface area contributed by atoms with Crippen molar-refractivity contribution in [2.45, 2.75) is 58.8 Å². The summed E-state index contributed by atoms with van der Waals surface area (Å²) in [5, 5.41) is 0. The van der Waals surface area contributed by atoms with Crippen molar-refractivity contribution in [3.63, 3.8) is 0 Å². The van der Waals surface area contributed by atoms with Gasteiger partial charge in [-0.25, -0.2) is 0 Å². The minimum atomic E-state index is -0.709. The predicted molar refractivity (Wildman–Crippen MR) is 88.2 cm³/mol. The molecule has 0 unspecified atom stereocenters. The minimum absolute atomic E-state index is 0.0119. The number of carbonyl (C=O) groups is 2. The van der Waals surface area contributed by atoms with Gasteiger partial charge < -0.3 is 4.84 Å².